The molecule has 1 aliphatic rings. The van der Waals surface area contributed by atoms with Gasteiger partial charge in [-0.15, -0.1) is 0 Å². The molecular weight excluding hydrogens is 407 g/mol. The van der Waals surface area contributed by atoms with E-state index in [-0.39, 0.29) is 18.0 Å². The van der Waals surface area contributed by atoms with E-state index in [1.54, 1.807) is 16.9 Å². The van der Waals surface area contributed by atoms with E-state index in [0.717, 1.165) is 6.07 Å². The maximum absolute atomic E-state index is 14.8. The average molecular weight is 426 g/mol. The Labute approximate surface area is 166 Å². The Bertz CT molecular complexity index is 1020. The van der Waals surface area contributed by atoms with Crippen molar-refractivity contribution in [3.05, 3.63) is 35.6 Å². The number of benzene rings is 1. The number of hydrogen-bond donors (Lipinski definition) is 2. The van der Waals surface area contributed by atoms with Gasteiger partial charge in [-0.05, 0) is 17.7 Å². The molecule has 1 aromatic heterocycles. The number of halogens is 1. The number of nitrogens with one attached hydrogen (secondary N) is 2. The van der Waals surface area contributed by atoms with Crippen LogP contribution in [0.1, 0.15) is 5.56 Å². The summed E-state index contributed by atoms with van der Waals surface area (Å²) in [5.74, 6) is -0.343. The second-order valence-electron chi connectivity index (χ2n) is 5.95. The van der Waals surface area contributed by atoms with E-state index in [1.807, 2.05) is 0 Å². The summed E-state index contributed by atoms with van der Waals surface area (Å²) in [6.07, 6.45) is 0. The van der Waals surface area contributed by atoms with Gasteiger partial charge in [-0.25, -0.2) is 13.4 Å². The van der Waals surface area contributed by atoms with Crippen LogP contribution in [-0.2, 0) is 21.5 Å². The molecule has 1 saturated heterocycles. The topological polar surface area (TPSA) is 119 Å². The number of hydrogen-bond acceptors (Lipinski definition) is 8. The fourth-order valence-corrected chi connectivity index (χ4v) is 3.93. The molecular formula is C17H19FN4O6S. The lowest BCUT2D eigenvalue weighted by molar-refractivity contribution is -0.117. The van der Waals surface area contributed by atoms with Crippen molar-refractivity contribution >= 4 is 27.6 Å². The quantitative estimate of drug-likeness (QED) is 0.674. The first-order valence-electron chi connectivity index (χ1n) is 8.31. The van der Waals surface area contributed by atoms with E-state index in [0.29, 0.717) is 27.3 Å². The minimum absolute atomic E-state index is 0.0296. The Morgan fingerprint density at radius 3 is 2.52 bits per heavy atom. The van der Waals surface area contributed by atoms with Crippen molar-refractivity contribution in [1.29, 1.82) is 0 Å². The summed E-state index contributed by atoms with van der Waals surface area (Å²) < 4.78 is 56.7. The molecule has 156 valence electrons. The third-order valence-electron chi connectivity index (χ3n) is 4.07. The molecule has 2 N–H and O–H groups in total. The highest BCUT2D eigenvalue weighted by Gasteiger charge is 2.37. The molecule has 0 unspecified atom stereocenters. The third-order valence-corrected chi connectivity index (χ3v) is 5.45. The van der Waals surface area contributed by atoms with Gasteiger partial charge in [0.1, 0.15) is 29.5 Å². The summed E-state index contributed by atoms with van der Waals surface area (Å²) in [6, 6.07) is 5.87. The van der Waals surface area contributed by atoms with Crippen LogP contribution in [0.2, 0.25) is 0 Å². The third kappa shape index (κ3) is 4.26. The highest BCUT2D eigenvalue weighted by molar-refractivity contribution is 7.92. The van der Waals surface area contributed by atoms with Gasteiger partial charge in [0.2, 0.25) is 5.88 Å². The second kappa shape index (κ2) is 7.99. The number of anilines is 2. The van der Waals surface area contributed by atoms with E-state index in [2.05, 4.69) is 10.3 Å². The Kier molecular flexibility index (Phi) is 5.64. The van der Waals surface area contributed by atoms with Gasteiger partial charge < -0.3 is 19.5 Å². The standard InChI is InChI=1S/C17H19FN4O6S/c1-26-11-6-14(20-16(7-11)28-3)19-8-10-4-12(18)17(13(5-10)27-2)22-9-15(23)21-29(22,24)25/h4-7H,8-9H2,1-3H3,(H,19,20)(H,21,23). The molecule has 0 bridgehead atoms. The van der Waals surface area contributed by atoms with E-state index < -0.39 is 28.5 Å². The maximum atomic E-state index is 14.8. The molecule has 12 heteroatoms. The smallest absolute Gasteiger partial charge is 0.326 e. The Balaban J connectivity index is 1.87. The van der Waals surface area contributed by atoms with Crippen LogP contribution in [0.15, 0.2) is 24.3 Å². The van der Waals surface area contributed by atoms with Crippen molar-refractivity contribution in [1.82, 2.24) is 9.71 Å². The van der Waals surface area contributed by atoms with Crippen molar-refractivity contribution in [2.75, 3.05) is 37.5 Å². The number of rotatable bonds is 7. The van der Waals surface area contributed by atoms with Crippen molar-refractivity contribution in [2.45, 2.75) is 6.54 Å². The van der Waals surface area contributed by atoms with Crippen molar-refractivity contribution in [2.24, 2.45) is 0 Å². The molecule has 1 aliphatic heterocycles. The summed E-state index contributed by atoms with van der Waals surface area (Å²) in [5.41, 5.74) is 0.123. The first kappa shape index (κ1) is 20.5. The summed E-state index contributed by atoms with van der Waals surface area (Å²) >= 11 is 0. The second-order valence-corrected chi connectivity index (χ2v) is 7.55. The minimum Gasteiger partial charge on any atom is -0.496 e. The summed E-state index contributed by atoms with van der Waals surface area (Å²) in [7, 11) is 0.0844. The first-order valence-corrected chi connectivity index (χ1v) is 9.75. The predicted molar refractivity (Wildman–Crippen MR) is 102 cm³/mol. The number of aromatic nitrogens is 1. The van der Waals surface area contributed by atoms with E-state index in [9.17, 15) is 17.6 Å². The molecule has 0 saturated carbocycles. The molecule has 2 aromatic rings. The Hall–Kier alpha value is -3.28. The SMILES string of the molecule is COc1cc(NCc2cc(F)c(N3CC(=O)NS3(=O)=O)c(OC)c2)nc(OC)c1. The van der Waals surface area contributed by atoms with Crippen LogP contribution in [0.5, 0.6) is 17.4 Å². The number of nitrogens with zero attached hydrogens (tertiary/aromatic N) is 2. The fourth-order valence-electron chi connectivity index (χ4n) is 2.76. The summed E-state index contributed by atoms with van der Waals surface area (Å²) in [4.78, 5) is 15.7. The lowest BCUT2D eigenvalue weighted by Crippen LogP contribution is -2.30. The lowest BCUT2D eigenvalue weighted by Gasteiger charge is -2.19. The number of carbonyl (C=O) groups is 1. The largest absolute Gasteiger partial charge is 0.496 e. The zero-order valence-electron chi connectivity index (χ0n) is 15.9. The number of carbonyl (C=O) groups excluding carboxylic acids is 1. The van der Waals surface area contributed by atoms with Crippen LogP contribution < -0.4 is 28.6 Å². The lowest BCUT2D eigenvalue weighted by atomic mass is 10.1. The van der Waals surface area contributed by atoms with E-state index >= 15 is 0 Å². The average Bonchev–Trinajstić information content (AvgIpc) is 2.96. The molecule has 0 spiro atoms. The molecule has 0 aliphatic carbocycles. The summed E-state index contributed by atoms with van der Waals surface area (Å²) in [6.45, 7) is -0.373. The Morgan fingerprint density at radius 1 is 1.17 bits per heavy atom. The van der Waals surface area contributed by atoms with Gasteiger partial charge in [0.15, 0.2) is 5.82 Å². The predicted octanol–water partition coefficient (Wildman–Crippen LogP) is 1.04. The van der Waals surface area contributed by atoms with Crippen LogP contribution in [-0.4, -0.2) is 47.2 Å². The number of methoxy groups -OCH3 is 3. The Morgan fingerprint density at radius 2 is 1.93 bits per heavy atom. The van der Waals surface area contributed by atoms with E-state index in [4.69, 9.17) is 14.2 Å². The van der Waals surface area contributed by atoms with Crippen LogP contribution in [0.25, 0.3) is 0 Å². The normalized spacial score (nSPS) is 15.0. The van der Waals surface area contributed by atoms with Crippen LogP contribution in [0, 0.1) is 5.82 Å². The van der Waals surface area contributed by atoms with Crippen LogP contribution in [0.3, 0.4) is 0 Å². The molecule has 0 radical (unpaired) electrons. The number of amides is 1. The van der Waals surface area contributed by atoms with Gasteiger partial charge in [0.05, 0.1) is 21.3 Å². The fraction of sp³-hybridized carbons (Fsp3) is 0.294. The highest BCUT2D eigenvalue weighted by Crippen LogP contribution is 2.35. The van der Waals surface area contributed by atoms with Gasteiger partial charge >= 0.3 is 10.2 Å². The minimum atomic E-state index is -4.17. The van der Waals surface area contributed by atoms with Crippen molar-refractivity contribution in [3.8, 4) is 17.4 Å². The van der Waals surface area contributed by atoms with Gasteiger partial charge in [0, 0.05) is 18.7 Å². The van der Waals surface area contributed by atoms with Gasteiger partial charge in [0.25, 0.3) is 5.91 Å². The number of ether oxygens (including phenoxy) is 3. The molecule has 10 nitrogen and oxygen atoms in total. The zero-order valence-corrected chi connectivity index (χ0v) is 16.7. The molecule has 1 aromatic carbocycles. The van der Waals surface area contributed by atoms with Crippen LogP contribution >= 0.6 is 0 Å². The van der Waals surface area contributed by atoms with E-state index in [1.165, 1.54) is 27.4 Å². The number of pyridine rings is 1. The molecule has 1 fully saturated rings. The molecule has 2 heterocycles. The molecule has 3 rings (SSSR count). The first-order chi connectivity index (χ1) is 13.8. The molecule has 29 heavy (non-hydrogen) atoms. The van der Waals surface area contributed by atoms with Crippen molar-refractivity contribution < 1.29 is 31.8 Å². The van der Waals surface area contributed by atoms with Gasteiger partial charge in [-0.1, -0.05) is 0 Å². The van der Waals surface area contributed by atoms with Gasteiger partial charge in [-0.3, -0.25) is 4.79 Å². The molecule has 1 amide bonds. The van der Waals surface area contributed by atoms with Gasteiger partial charge in [-0.2, -0.15) is 13.4 Å². The van der Waals surface area contributed by atoms with Crippen LogP contribution in [0.4, 0.5) is 15.9 Å². The summed E-state index contributed by atoms with van der Waals surface area (Å²) in [5, 5.41) is 3.01. The molecule has 0 atom stereocenters. The monoisotopic (exact) mass is 426 g/mol. The zero-order chi connectivity index (χ0) is 21.2. The maximum Gasteiger partial charge on any atom is 0.326 e. The highest BCUT2D eigenvalue weighted by atomic mass is 32.2. The van der Waals surface area contributed by atoms with Crippen molar-refractivity contribution in [3.63, 3.8) is 0 Å².